The van der Waals surface area contributed by atoms with E-state index >= 15 is 0 Å². The van der Waals surface area contributed by atoms with Crippen LogP contribution < -0.4 is 10.2 Å². The van der Waals surface area contributed by atoms with Crippen molar-refractivity contribution in [2.45, 2.75) is 33.2 Å². The number of hydrogen-bond acceptors (Lipinski definition) is 5. The van der Waals surface area contributed by atoms with Crippen LogP contribution in [-0.4, -0.2) is 38.3 Å². The molecule has 0 spiro atoms. The van der Waals surface area contributed by atoms with E-state index in [2.05, 4.69) is 29.0 Å². The summed E-state index contributed by atoms with van der Waals surface area (Å²) in [7, 11) is 1.73. The molecule has 1 N–H and O–H groups in total. The molecule has 2 heterocycles. The minimum atomic E-state index is 0.498. The Bertz CT molecular complexity index is 382. The molecule has 108 valence electrons. The van der Waals surface area contributed by atoms with Gasteiger partial charge in [0, 0.05) is 44.4 Å². The molecule has 1 aliphatic heterocycles. The minimum absolute atomic E-state index is 0.498. The van der Waals surface area contributed by atoms with E-state index < -0.39 is 0 Å². The average molecular weight is 283 g/mol. The fourth-order valence-corrected chi connectivity index (χ4v) is 3.15. The van der Waals surface area contributed by atoms with Gasteiger partial charge < -0.3 is 15.0 Å². The number of nitrogens with one attached hydrogen (secondary N) is 1. The van der Waals surface area contributed by atoms with Gasteiger partial charge in [0.1, 0.15) is 0 Å². The van der Waals surface area contributed by atoms with Crippen molar-refractivity contribution in [3.05, 3.63) is 11.1 Å². The number of hydrogen-bond donors (Lipinski definition) is 1. The predicted octanol–water partition coefficient (Wildman–Crippen LogP) is 2.51. The molecule has 1 aromatic heterocycles. The van der Waals surface area contributed by atoms with Gasteiger partial charge in [-0.1, -0.05) is 13.8 Å². The third-order valence-corrected chi connectivity index (χ3v) is 4.77. The second-order valence-corrected chi connectivity index (χ2v) is 7.02. The van der Waals surface area contributed by atoms with E-state index in [1.807, 2.05) is 17.5 Å². The van der Waals surface area contributed by atoms with Gasteiger partial charge in [0.2, 0.25) is 0 Å². The molecule has 1 saturated heterocycles. The summed E-state index contributed by atoms with van der Waals surface area (Å²) in [6.45, 7) is 9.53. The third kappa shape index (κ3) is 4.44. The molecule has 0 amide bonds. The first-order valence-electron chi connectivity index (χ1n) is 7.00. The summed E-state index contributed by atoms with van der Waals surface area (Å²) in [6, 6.07) is 0. The zero-order valence-electron chi connectivity index (χ0n) is 12.2. The van der Waals surface area contributed by atoms with Gasteiger partial charge in [0.15, 0.2) is 5.13 Å². The van der Waals surface area contributed by atoms with Crippen molar-refractivity contribution in [2.75, 3.05) is 38.3 Å². The van der Waals surface area contributed by atoms with Crippen molar-refractivity contribution < 1.29 is 4.74 Å². The highest BCUT2D eigenvalue weighted by molar-refractivity contribution is 7.15. The highest BCUT2D eigenvalue weighted by atomic mass is 32.1. The lowest BCUT2D eigenvalue weighted by molar-refractivity contribution is 0.199. The maximum Gasteiger partial charge on any atom is 0.185 e. The molecule has 1 aromatic rings. The number of thiazole rings is 1. The van der Waals surface area contributed by atoms with Crippen molar-refractivity contribution in [3.63, 3.8) is 0 Å². The van der Waals surface area contributed by atoms with Crippen molar-refractivity contribution in [2.24, 2.45) is 5.41 Å². The molecule has 0 unspecified atom stereocenters. The highest BCUT2D eigenvalue weighted by Gasteiger charge is 2.26. The summed E-state index contributed by atoms with van der Waals surface area (Å²) in [5, 5.41) is 4.54. The second-order valence-electron chi connectivity index (χ2n) is 5.93. The molecule has 0 bridgehead atoms. The normalized spacial score (nSPS) is 18.8. The molecule has 2 rings (SSSR count). The quantitative estimate of drug-likeness (QED) is 0.814. The van der Waals surface area contributed by atoms with Crippen LogP contribution in [0.5, 0.6) is 0 Å². The van der Waals surface area contributed by atoms with Crippen LogP contribution in [0.25, 0.3) is 0 Å². The Kier molecular flexibility index (Phi) is 5.19. The molecular weight excluding hydrogens is 258 g/mol. The standard InChI is InChI=1S/C14H25N3OS/c1-14(2)4-7-17(8-5-14)13-16-11-12(19-13)10-15-6-9-18-3/h11,15H,4-10H2,1-3H3. The van der Waals surface area contributed by atoms with E-state index in [0.29, 0.717) is 5.41 Å². The molecule has 0 saturated carbocycles. The first-order chi connectivity index (χ1) is 9.11. The number of piperidine rings is 1. The Morgan fingerprint density at radius 2 is 2.16 bits per heavy atom. The zero-order valence-corrected chi connectivity index (χ0v) is 13.1. The lowest BCUT2D eigenvalue weighted by atomic mass is 9.83. The molecule has 0 atom stereocenters. The Morgan fingerprint density at radius 1 is 1.42 bits per heavy atom. The van der Waals surface area contributed by atoms with Gasteiger partial charge in [0.25, 0.3) is 0 Å². The van der Waals surface area contributed by atoms with Gasteiger partial charge in [-0.05, 0) is 18.3 Å². The summed E-state index contributed by atoms with van der Waals surface area (Å²) in [5.74, 6) is 0. The first kappa shape index (κ1) is 14.8. The third-order valence-electron chi connectivity index (χ3n) is 3.71. The molecule has 5 heteroatoms. The zero-order chi connectivity index (χ0) is 13.7. The van der Waals surface area contributed by atoms with Crippen LogP contribution in [0.2, 0.25) is 0 Å². The fraction of sp³-hybridized carbons (Fsp3) is 0.786. The van der Waals surface area contributed by atoms with Gasteiger partial charge in [-0.3, -0.25) is 0 Å². The lowest BCUT2D eigenvalue weighted by Gasteiger charge is -2.36. The van der Waals surface area contributed by atoms with Gasteiger partial charge in [-0.2, -0.15) is 0 Å². The van der Waals surface area contributed by atoms with Crippen molar-refractivity contribution in [1.29, 1.82) is 0 Å². The van der Waals surface area contributed by atoms with E-state index in [1.54, 1.807) is 7.11 Å². The first-order valence-corrected chi connectivity index (χ1v) is 7.82. The van der Waals surface area contributed by atoms with Gasteiger partial charge in [-0.25, -0.2) is 4.98 Å². The molecule has 0 aliphatic carbocycles. The minimum Gasteiger partial charge on any atom is -0.383 e. The number of anilines is 1. The van der Waals surface area contributed by atoms with E-state index in [0.717, 1.165) is 32.8 Å². The number of ether oxygens (including phenoxy) is 1. The molecular formula is C14H25N3OS. The van der Waals surface area contributed by atoms with E-state index in [1.165, 1.54) is 22.9 Å². The molecule has 1 aliphatic rings. The SMILES string of the molecule is COCCNCc1cnc(N2CCC(C)(C)CC2)s1. The maximum absolute atomic E-state index is 5.02. The monoisotopic (exact) mass is 283 g/mol. The summed E-state index contributed by atoms with van der Waals surface area (Å²) in [5.41, 5.74) is 0.498. The van der Waals surface area contributed by atoms with E-state index in [-0.39, 0.29) is 0 Å². The number of nitrogens with zero attached hydrogens (tertiary/aromatic N) is 2. The molecule has 0 radical (unpaired) electrons. The van der Waals surface area contributed by atoms with Crippen LogP contribution in [0.15, 0.2) is 6.20 Å². The molecule has 1 fully saturated rings. The Balaban J connectivity index is 1.80. The van der Waals surface area contributed by atoms with Crippen LogP contribution in [0.1, 0.15) is 31.6 Å². The molecule has 0 aromatic carbocycles. The van der Waals surface area contributed by atoms with Crippen LogP contribution in [0, 0.1) is 5.41 Å². The summed E-state index contributed by atoms with van der Waals surface area (Å²) in [6.07, 6.45) is 4.52. The topological polar surface area (TPSA) is 37.4 Å². The smallest absolute Gasteiger partial charge is 0.185 e. The number of methoxy groups -OCH3 is 1. The number of aromatic nitrogens is 1. The fourth-order valence-electron chi connectivity index (χ4n) is 2.21. The van der Waals surface area contributed by atoms with Crippen molar-refractivity contribution >= 4 is 16.5 Å². The summed E-state index contributed by atoms with van der Waals surface area (Å²) < 4.78 is 5.02. The Morgan fingerprint density at radius 3 is 2.84 bits per heavy atom. The van der Waals surface area contributed by atoms with E-state index in [9.17, 15) is 0 Å². The second kappa shape index (κ2) is 6.68. The largest absolute Gasteiger partial charge is 0.383 e. The summed E-state index contributed by atoms with van der Waals surface area (Å²) in [4.78, 5) is 8.29. The van der Waals surface area contributed by atoms with Gasteiger partial charge in [0.05, 0.1) is 6.61 Å². The lowest BCUT2D eigenvalue weighted by Crippen LogP contribution is -2.37. The summed E-state index contributed by atoms with van der Waals surface area (Å²) >= 11 is 1.81. The van der Waals surface area contributed by atoms with Crippen LogP contribution >= 0.6 is 11.3 Å². The Hall–Kier alpha value is -0.650. The van der Waals surface area contributed by atoms with E-state index in [4.69, 9.17) is 4.74 Å². The van der Waals surface area contributed by atoms with Gasteiger partial charge in [-0.15, -0.1) is 11.3 Å². The van der Waals surface area contributed by atoms with Crippen LogP contribution in [-0.2, 0) is 11.3 Å². The van der Waals surface area contributed by atoms with Gasteiger partial charge >= 0.3 is 0 Å². The predicted molar refractivity (Wildman–Crippen MR) is 80.9 cm³/mol. The maximum atomic E-state index is 5.02. The Labute approximate surface area is 120 Å². The van der Waals surface area contributed by atoms with Crippen LogP contribution in [0.4, 0.5) is 5.13 Å². The number of rotatable bonds is 6. The van der Waals surface area contributed by atoms with Crippen LogP contribution in [0.3, 0.4) is 0 Å². The van der Waals surface area contributed by atoms with Crippen molar-refractivity contribution in [1.82, 2.24) is 10.3 Å². The molecule has 19 heavy (non-hydrogen) atoms. The van der Waals surface area contributed by atoms with Crippen molar-refractivity contribution in [3.8, 4) is 0 Å². The highest BCUT2D eigenvalue weighted by Crippen LogP contribution is 2.33. The average Bonchev–Trinajstić information content (AvgIpc) is 2.83. The molecule has 4 nitrogen and oxygen atoms in total.